The predicted molar refractivity (Wildman–Crippen MR) is 261 cm³/mol. The molecule has 0 fully saturated rings. The Balaban J connectivity index is 4.46. The summed E-state index contributed by atoms with van der Waals surface area (Å²) >= 11 is 0. The number of carbonyl (C=O) groups is 3. The number of hydrogen-bond acceptors (Lipinski definition) is 6. The van der Waals surface area contributed by atoms with E-state index in [1.165, 1.54) is 128 Å². The summed E-state index contributed by atoms with van der Waals surface area (Å²) in [6, 6.07) is 0. The third kappa shape index (κ3) is 48.0. The molecule has 0 aromatic carbocycles. The lowest BCUT2D eigenvalue weighted by Crippen LogP contribution is -2.30. The Labute approximate surface area is 377 Å². The fraction of sp³-hybridized carbons (Fsp3) is 0.764. The van der Waals surface area contributed by atoms with Crippen molar-refractivity contribution >= 4 is 17.9 Å². The van der Waals surface area contributed by atoms with Crippen LogP contribution < -0.4 is 0 Å². The first-order chi connectivity index (χ1) is 30.0. The van der Waals surface area contributed by atoms with Crippen LogP contribution in [0.1, 0.15) is 252 Å². The van der Waals surface area contributed by atoms with Crippen molar-refractivity contribution in [3.63, 3.8) is 0 Å². The van der Waals surface area contributed by atoms with Gasteiger partial charge in [-0.25, -0.2) is 0 Å². The van der Waals surface area contributed by atoms with Crippen LogP contribution in [0.25, 0.3) is 0 Å². The molecule has 0 aliphatic heterocycles. The highest BCUT2D eigenvalue weighted by Crippen LogP contribution is 2.15. The maximum absolute atomic E-state index is 12.8. The lowest BCUT2D eigenvalue weighted by Gasteiger charge is -2.18. The highest BCUT2D eigenvalue weighted by Gasteiger charge is 2.19. The van der Waals surface area contributed by atoms with E-state index in [1.807, 2.05) is 0 Å². The molecule has 0 radical (unpaired) electrons. The predicted octanol–water partition coefficient (Wildman–Crippen LogP) is 16.9. The molecule has 0 rings (SSSR count). The van der Waals surface area contributed by atoms with Gasteiger partial charge in [0.15, 0.2) is 6.10 Å². The summed E-state index contributed by atoms with van der Waals surface area (Å²) in [4.78, 5) is 37.9. The Morgan fingerprint density at radius 2 is 0.639 bits per heavy atom. The highest BCUT2D eigenvalue weighted by molar-refractivity contribution is 5.71. The highest BCUT2D eigenvalue weighted by atomic mass is 16.6. The summed E-state index contributed by atoms with van der Waals surface area (Å²) in [7, 11) is 0. The van der Waals surface area contributed by atoms with Gasteiger partial charge in [0.2, 0.25) is 0 Å². The summed E-state index contributed by atoms with van der Waals surface area (Å²) in [5.41, 5.74) is 0. The van der Waals surface area contributed by atoms with Crippen molar-refractivity contribution in [1.82, 2.24) is 0 Å². The zero-order chi connectivity index (χ0) is 44.4. The van der Waals surface area contributed by atoms with E-state index in [9.17, 15) is 14.4 Å². The van der Waals surface area contributed by atoms with E-state index in [0.29, 0.717) is 19.3 Å². The van der Waals surface area contributed by atoms with Crippen molar-refractivity contribution in [3.8, 4) is 0 Å². The maximum Gasteiger partial charge on any atom is 0.306 e. The maximum atomic E-state index is 12.8. The van der Waals surface area contributed by atoms with E-state index >= 15 is 0 Å². The molecular formula is C55H96O6. The van der Waals surface area contributed by atoms with E-state index < -0.39 is 6.10 Å². The van der Waals surface area contributed by atoms with Gasteiger partial charge < -0.3 is 14.2 Å². The lowest BCUT2D eigenvalue weighted by atomic mass is 10.0. The van der Waals surface area contributed by atoms with Crippen LogP contribution in [0.5, 0.6) is 0 Å². The van der Waals surface area contributed by atoms with Gasteiger partial charge in [-0.3, -0.25) is 14.4 Å². The van der Waals surface area contributed by atoms with Gasteiger partial charge in [-0.05, 0) is 57.8 Å². The van der Waals surface area contributed by atoms with Gasteiger partial charge in [-0.2, -0.15) is 0 Å². The first-order valence-corrected chi connectivity index (χ1v) is 25.8. The average Bonchev–Trinajstić information content (AvgIpc) is 3.26. The molecule has 0 saturated heterocycles. The van der Waals surface area contributed by atoms with Gasteiger partial charge in [0, 0.05) is 19.3 Å². The molecule has 352 valence electrons. The molecule has 0 atom stereocenters. The second kappa shape index (κ2) is 49.8. The van der Waals surface area contributed by atoms with Crippen molar-refractivity contribution in [1.29, 1.82) is 0 Å². The Bertz CT molecular complexity index is 1070. The van der Waals surface area contributed by atoms with Crippen LogP contribution in [0.15, 0.2) is 60.8 Å². The number of unbranched alkanes of at least 4 members (excludes halogenated alkanes) is 25. The fourth-order valence-corrected chi connectivity index (χ4v) is 7.18. The third-order valence-electron chi connectivity index (χ3n) is 11.0. The minimum atomic E-state index is -0.799. The smallest absolute Gasteiger partial charge is 0.306 e. The van der Waals surface area contributed by atoms with Crippen LogP contribution in [0.2, 0.25) is 0 Å². The largest absolute Gasteiger partial charge is 0.462 e. The zero-order valence-electron chi connectivity index (χ0n) is 40.2. The first kappa shape index (κ1) is 58.1. The van der Waals surface area contributed by atoms with E-state index in [1.54, 1.807) is 0 Å². The van der Waals surface area contributed by atoms with Crippen molar-refractivity contribution < 1.29 is 28.6 Å². The molecule has 6 heteroatoms. The molecular weight excluding hydrogens is 757 g/mol. The van der Waals surface area contributed by atoms with Crippen molar-refractivity contribution in [2.24, 2.45) is 0 Å². The second-order valence-electron chi connectivity index (χ2n) is 17.1. The average molecular weight is 853 g/mol. The van der Waals surface area contributed by atoms with Gasteiger partial charge >= 0.3 is 17.9 Å². The number of ether oxygens (including phenoxy) is 3. The molecule has 0 spiro atoms. The fourth-order valence-electron chi connectivity index (χ4n) is 7.18. The first-order valence-electron chi connectivity index (χ1n) is 25.8. The number of esters is 3. The second-order valence-corrected chi connectivity index (χ2v) is 17.1. The van der Waals surface area contributed by atoms with E-state index in [4.69, 9.17) is 14.2 Å². The SMILES string of the molecule is CCC=CCC=CCC=CCC=CCC=CCCCC(=O)OC(COC(=O)CCCCCCCCCCCCCCC)COC(=O)CCCCCCCCCCCCCCC. The van der Waals surface area contributed by atoms with Crippen LogP contribution in [0.3, 0.4) is 0 Å². The lowest BCUT2D eigenvalue weighted by molar-refractivity contribution is -0.167. The quantitative estimate of drug-likeness (QED) is 0.0263. The number of rotatable bonds is 46. The topological polar surface area (TPSA) is 78.9 Å². The minimum absolute atomic E-state index is 0.0934. The molecule has 0 amide bonds. The third-order valence-corrected chi connectivity index (χ3v) is 11.0. The van der Waals surface area contributed by atoms with E-state index in [2.05, 4.69) is 81.5 Å². The molecule has 0 aliphatic rings. The molecule has 0 aromatic rings. The molecule has 0 saturated carbocycles. The Kier molecular flexibility index (Phi) is 47.4. The van der Waals surface area contributed by atoms with Gasteiger partial charge in [-0.15, -0.1) is 0 Å². The van der Waals surface area contributed by atoms with Crippen molar-refractivity contribution in [2.75, 3.05) is 13.2 Å². The van der Waals surface area contributed by atoms with Gasteiger partial charge in [0.25, 0.3) is 0 Å². The molecule has 0 unspecified atom stereocenters. The molecule has 0 aliphatic carbocycles. The van der Waals surface area contributed by atoms with Crippen molar-refractivity contribution in [2.45, 2.75) is 258 Å². The molecule has 0 heterocycles. The minimum Gasteiger partial charge on any atom is -0.462 e. The van der Waals surface area contributed by atoms with Crippen LogP contribution in [-0.4, -0.2) is 37.2 Å². The standard InChI is InChI=1S/C55H96O6/c1-4-7-10-13-16-19-22-25-26-27-28-31-34-37-40-43-46-49-55(58)61-52(50-59-53(56)47-44-41-38-35-32-29-23-20-17-14-11-8-5-2)51-60-54(57)48-45-42-39-36-33-30-24-21-18-15-12-9-6-3/h7,10,16,19,25-26,28,31,37,40,52H,4-6,8-9,11-15,17-18,20-24,27,29-30,32-36,38-39,41-51H2,1-3H3. The van der Waals surface area contributed by atoms with Crippen LogP contribution in [-0.2, 0) is 28.6 Å². The molecule has 0 aromatic heterocycles. The van der Waals surface area contributed by atoms with Gasteiger partial charge in [0.05, 0.1) is 0 Å². The molecule has 0 N–H and O–H groups in total. The Morgan fingerprint density at radius 3 is 0.984 bits per heavy atom. The van der Waals surface area contributed by atoms with Crippen LogP contribution in [0.4, 0.5) is 0 Å². The van der Waals surface area contributed by atoms with Gasteiger partial charge in [0.1, 0.15) is 13.2 Å². The molecule has 61 heavy (non-hydrogen) atoms. The molecule has 0 bridgehead atoms. The summed E-state index contributed by atoms with van der Waals surface area (Å²) < 4.78 is 16.7. The van der Waals surface area contributed by atoms with E-state index in [0.717, 1.165) is 77.0 Å². The Morgan fingerprint density at radius 1 is 0.344 bits per heavy atom. The van der Waals surface area contributed by atoms with Crippen LogP contribution in [0, 0.1) is 0 Å². The number of carbonyl (C=O) groups excluding carboxylic acids is 3. The monoisotopic (exact) mass is 853 g/mol. The summed E-state index contributed by atoms with van der Waals surface area (Å²) in [5.74, 6) is -0.945. The Hall–Kier alpha value is -2.89. The molecule has 6 nitrogen and oxygen atoms in total. The van der Waals surface area contributed by atoms with Crippen LogP contribution >= 0.6 is 0 Å². The normalized spacial score (nSPS) is 12.1. The van der Waals surface area contributed by atoms with Crippen molar-refractivity contribution in [3.05, 3.63) is 60.8 Å². The van der Waals surface area contributed by atoms with E-state index in [-0.39, 0.29) is 37.5 Å². The zero-order valence-corrected chi connectivity index (χ0v) is 40.2. The van der Waals surface area contributed by atoms with Gasteiger partial charge in [-0.1, -0.05) is 236 Å². The number of hydrogen-bond donors (Lipinski definition) is 0. The summed E-state index contributed by atoms with van der Waals surface area (Å²) in [6.45, 7) is 6.49. The number of allylic oxidation sites excluding steroid dienone is 10. The summed E-state index contributed by atoms with van der Waals surface area (Å²) in [5, 5.41) is 0. The summed E-state index contributed by atoms with van der Waals surface area (Å²) in [6.07, 6.45) is 60.6.